The minimum absolute atomic E-state index is 0. The van der Waals surface area contributed by atoms with Gasteiger partial charge in [0.05, 0.1) is 0 Å². The molecule has 0 saturated heterocycles. The van der Waals surface area contributed by atoms with Crippen LogP contribution in [0.25, 0.3) is 0 Å². The van der Waals surface area contributed by atoms with Gasteiger partial charge in [-0.1, -0.05) is 28.4 Å². The minimum atomic E-state index is 0. The van der Waals surface area contributed by atoms with Crippen molar-refractivity contribution in [2.24, 2.45) is 11.7 Å². The summed E-state index contributed by atoms with van der Waals surface area (Å²) in [6.45, 7) is 0.812. The van der Waals surface area contributed by atoms with Crippen LogP contribution in [0.1, 0.15) is 31.2 Å². The second kappa shape index (κ2) is 6.46. The summed E-state index contributed by atoms with van der Waals surface area (Å²) in [6.07, 6.45) is 4.91. The molecule has 20 heavy (non-hydrogen) atoms. The summed E-state index contributed by atoms with van der Waals surface area (Å²) in [4.78, 5) is 14.4. The monoisotopic (exact) mass is 358 g/mol. The van der Waals surface area contributed by atoms with Crippen molar-refractivity contribution in [3.63, 3.8) is 0 Å². The number of hydrogen-bond donors (Lipinski definition) is 1. The average Bonchev–Trinajstić information content (AvgIpc) is 2.96. The lowest BCUT2D eigenvalue weighted by atomic mass is 9.99. The lowest BCUT2D eigenvalue weighted by Gasteiger charge is -2.21. The van der Waals surface area contributed by atoms with Crippen LogP contribution in [0.5, 0.6) is 0 Å². The van der Waals surface area contributed by atoms with E-state index in [0.29, 0.717) is 12.3 Å². The van der Waals surface area contributed by atoms with Gasteiger partial charge < -0.3 is 10.6 Å². The van der Waals surface area contributed by atoms with Crippen LogP contribution in [-0.2, 0) is 11.2 Å². The number of hydrogen-bond acceptors (Lipinski definition) is 2. The molecular formula is C15H20BrClN2O. The van der Waals surface area contributed by atoms with Crippen molar-refractivity contribution < 1.29 is 4.79 Å². The number of benzene rings is 1. The Balaban J connectivity index is 0.00000147. The Bertz CT molecular complexity index is 509. The first-order valence-electron chi connectivity index (χ1n) is 6.99. The zero-order valence-electron chi connectivity index (χ0n) is 11.3. The molecule has 3 rings (SSSR count). The molecule has 5 heteroatoms. The van der Waals surface area contributed by atoms with E-state index in [9.17, 15) is 4.79 Å². The molecule has 1 aromatic rings. The number of rotatable bonds is 2. The van der Waals surface area contributed by atoms with Crippen LogP contribution in [0.2, 0.25) is 0 Å². The molecule has 1 fully saturated rings. The molecule has 2 aliphatic rings. The molecule has 0 spiro atoms. The van der Waals surface area contributed by atoms with Crippen LogP contribution in [0.15, 0.2) is 22.7 Å². The maximum absolute atomic E-state index is 12.5. The summed E-state index contributed by atoms with van der Waals surface area (Å²) in [7, 11) is 0. The predicted molar refractivity (Wildman–Crippen MR) is 87.4 cm³/mol. The number of fused-ring (bicyclic) bond motifs is 1. The van der Waals surface area contributed by atoms with Crippen molar-refractivity contribution in [1.29, 1.82) is 0 Å². The summed E-state index contributed by atoms with van der Waals surface area (Å²) in [6, 6.07) is 6.41. The maximum atomic E-state index is 12.5. The van der Waals surface area contributed by atoms with Crippen LogP contribution in [0.4, 0.5) is 5.69 Å². The number of carbonyl (C=O) groups is 1. The third kappa shape index (κ3) is 3.02. The van der Waals surface area contributed by atoms with Crippen molar-refractivity contribution in [3.05, 3.63) is 28.2 Å². The Morgan fingerprint density at radius 2 is 2.20 bits per heavy atom. The summed E-state index contributed by atoms with van der Waals surface area (Å²) in [5.41, 5.74) is 8.41. The Labute approximate surface area is 134 Å². The lowest BCUT2D eigenvalue weighted by molar-refractivity contribution is -0.119. The van der Waals surface area contributed by atoms with E-state index < -0.39 is 0 Å². The summed E-state index contributed by atoms with van der Waals surface area (Å²) >= 11 is 3.48. The molecule has 1 aromatic carbocycles. The van der Waals surface area contributed by atoms with E-state index in [2.05, 4.69) is 28.1 Å². The van der Waals surface area contributed by atoms with Crippen molar-refractivity contribution in [2.45, 2.75) is 38.1 Å². The molecule has 0 bridgehead atoms. The van der Waals surface area contributed by atoms with Crippen LogP contribution in [0.3, 0.4) is 0 Å². The maximum Gasteiger partial charge on any atom is 0.227 e. The van der Waals surface area contributed by atoms with Crippen molar-refractivity contribution in [3.8, 4) is 0 Å². The number of nitrogens with zero attached hydrogens (tertiary/aromatic N) is 1. The molecule has 1 heterocycles. The molecule has 1 aliphatic carbocycles. The van der Waals surface area contributed by atoms with E-state index >= 15 is 0 Å². The third-order valence-corrected chi connectivity index (χ3v) is 4.89. The summed E-state index contributed by atoms with van der Waals surface area (Å²) < 4.78 is 1.03. The summed E-state index contributed by atoms with van der Waals surface area (Å²) in [5.74, 6) is 0.614. The molecule has 0 radical (unpaired) electrons. The molecule has 110 valence electrons. The van der Waals surface area contributed by atoms with Crippen molar-refractivity contribution in [2.75, 3.05) is 11.4 Å². The fourth-order valence-electron chi connectivity index (χ4n) is 3.26. The Hall–Kier alpha value is -0.580. The first kappa shape index (κ1) is 15.8. The van der Waals surface area contributed by atoms with Gasteiger partial charge in [0.25, 0.3) is 0 Å². The second-order valence-corrected chi connectivity index (χ2v) is 6.54. The molecule has 1 aliphatic heterocycles. The SMILES string of the molecule is Cl.N[C@@H]1CCC[C@H]1CC(=O)N1CCc2ccc(Br)cc21. The van der Waals surface area contributed by atoms with Gasteiger partial charge in [-0.2, -0.15) is 0 Å². The molecule has 0 unspecified atom stereocenters. The normalized spacial score (nSPS) is 24.4. The van der Waals surface area contributed by atoms with Gasteiger partial charge in [-0.15, -0.1) is 12.4 Å². The van der Waals surface area contributed by atoms with Gasteiger partial charge >= 0.3 is 0 Å². The number of nitrogens with two attached hydrogens (primary N) is 1. The topological polar surface area (TPSA) is 46.3 Å². The predicted octanol–water partition coefficient (Wildman–Crippen LogP) is 3.28. The second-order valence-electron chi connectivity index (χ2n) is 5.63. The first-order chi connectivity index (χ1) is 9.15. The molecule has 1 amide bonds. The number of anilines is 1. The van der Waals surface area contributed by atoms with Crippen molar-refractivity contribution >= 4 is 39.9 Å². The fourth-order valence-corrected chi connectivity index (χ4v) is 3.61. The molecule has 2 atom stereocenters. The first-order valence-corrected chi connectivity index (χ1v) is 7.79. The van der Waals surface area contributed by atoms with Gasteiger partial charge in [-0.05, 0) is 42.9 Å². The van der Waals surface area contributed by atoms with Gasteiger partial charge in [0.1, 0.15) is 0 Å². The van der Waals surface area contributed by atoms with Crippen LogP contribution in [-0.4, -0.2) is 18.5 Å². The third-order valence-electron chi connectivity index (χ3n) is 4.40. The number of carbonyl (C=O) groups excluding carboxylic acids is 1. The molecular weight excluding hydrogens is 340 g/mol. The van der Waals surface area contributed by atoms with E-state index in [4.69, 9.17) is 5.73 Å². The summed E-state index contributed by atoms with van der Waals surface area (Å²) in [5, 5.41) is 0. The van der Waals surface area contributed by atoms with Crippen molar-refractivity contribution in [1.82, 2.24) is 0 Å². The Morgan fingerprint density at radius 3 is 2.90 bits per heavy atom. The quantitative estimate of drug-likeness (QED) is 0.881. The van der Waals surface area contributed by atoms with E-state index in [-0.39, 0.29) is 24.4 Å². The van der Waals surface area contributed by atoms with E-state index in [1.54, 1.807) is 0 Å². The van der Waals surface area contributed by atoms with E-state index in [1.165, 1.54) is 12.0 Å². The Morgan fingerprint density at radius 1 is 1.40 bits per heavy atom. The highest BCUT2D eigenvalue weighted by Crippen LogP contribution is 2.33. The Kier molecular flexibility index (Phi) is 5.10. The highest BCUT2D eigenvalue weighted by atomic mass is 79.9. The van der Waals surface area contributed by atoms with Crippen LogP contribution >= 0.6 is 28.3 Å². The number of halogens is 2. The van der Waals surface area contributed by atoms with Crippen LogP contribution < -0.4 is 10.6 Å². The van der Waals surface area contributed by atoms with E-state index in [0.717, 1.165) is 36.0 Å². The molecule has 2 N–H and O–H groups in total. The van der Waals surface area contributed by atoms with Crippen LogP contribution in [0, 0.1) is 5.92 Å². The zero-order valence-corrected chi connectivity index (χ0v) is 13.8. The van der Waals surface area contributed by atoms with E-state index in [1.807, 2.05) is 11.0 Å². The average molecular weight is 360 g/mol. The highest BCUT2D eigenvalue weighted by molar-refractivity contribution is 9.10. The number of amides is 1. The van der Waals surface area contributed by atoms with Gasteiger partial charge in [0.15, 0.2) is 0 Å². The molecule has 0 aromatic heterocycles. The molecule has 1 saturated carbocycles. The van der Waals surface area contributed by atoms with Gasteiger partial charge in [0, 0.05) is 29.2 Å². The smallest absolute Gasteiger partial charge is 0.227 e. The van der Waals surface area contributed by atoms with Gasteiger partial charge in [-0.3, -0.25) is 4.79 Å². The van der Waals surface area contributed by atoms with Gasteiger partial charge in [0.2, 0.25) is 5.91 Å². The van der Waals surface area contributed by atoms with Gasteiger partial charge in [-0.25, -0.2) is 0 Å². The fraction of sp³-hybridized carbons (Fsp3) is 0.533. The minimum Gasteiger partial charge on any atom is -0.327 e. The lowest BCUT2D eigenvalue weighted by Crippen LogP contribution is -2.34. The highest BCUT2D eigenvalue weighted by Gasteiger charge is 2.30. The standard InChI is InChI=1S/C15H19BrN2O.ClH/c16-12-5-4-10-6-7-18(14(10)9-12)15(19)8-11-2-1-3-13(11)17;/h4-5,9,11,13H,1-3,6-8,17H2;1H/t11-,13+;/m0./s1. The zero-order chi connectivity index (χ0) is 13.4. The largest absolute Gasteiger partial charge is 0.327 e. The molecule has 3 nitrogen and oxygen atoms in total.